The van der Waals surface area contributed by atoms with Crippen LogP contribution in [0, 0.1) is 5.82 Å². The van der Waals surface area contributed by atoms with E-state index < -0.39 is 10.0 Å². The number of sulfonamides is 1. The van der Waals surface area contributed by atoms with E-state index in [0.717, 1.165) is 27.9 Å². The minimum atomic E-state index is -3.76. The van der Waals surface area contributed by atoms with Gasteiger partial charge in [-0.05, 0) is 65.1 Å². The van der Waals surface area contributed by atoms with Crippen molar-refractivity contribution >= 4 is 15.7 Å². The van der Waals surface area contributed by atoms with Crippen LogP contribution in [0.15, 0.2) is 102 Å². The Bertz CT molecular complexity index is 1380. The molecule has 3 aromatic carbocycles. The molecule has 0 bridgehead atoms. The summed E-state index contributed by atoms with van der Waals surface area (Å²) in [5.41, 5.74) is 5.13. The molecule has 1 aromatic heterocycles. The van der Waals surface area contributed by atoms with Crippen molar-refractivity contribution in [3.8, 4) is 11.1 Å². The smallest absolute Gasteiger partial charge is 0.258 e. The number of aromatic nitrogens is 1. The number of halogens is 1. The van der Waals surface area contributed by atoms with Crippen molar-refractivity contribution in [3.05, 3.63) is 114 Å². The van der Waals surface area contributed by atoms with Gasteiger partial charge in [0.2, 0.25) is 0 Å². The van der Waals surface area contributed by atoms with E-state index in [4.69, 9.17) is 0 Å². The lowest BCUT2D eigenvalue weighted by Crippen LogP contribution is -2.48. The fraction of sp³-hybridized carbons (Fsp3) is 0.148. The fourth-order valence-electron chi connectivity index (χ4n) is 4.39. The zero-order valence-corrected chi connectivity index (χ0v) is 19.2. The third kappa shape index (κ3) is 4.85. The highest BCUT2D eigenvalue weighted by Gasteiger charge is 2.29. The third-order valence-electron chi connectivity index (χ3n) is 5.96. The maximum atomic E-state index is 13.4. The predicted molar refractivity (Wildman–Crippen MR) is 131 cm³/mol. The van der Waals surface area contributed by atoms with Gasteiger partial charge < -0.3 is 4.90 Å². The first-order valence-corrected chi connectivity index (χ1v) is 12.6. The Labute approximate surface area is 199 Å². The monoisotopic (exact) mass is 473 g/mol. The van der Waals surface area contributed by atoms with Crippen LogP contribution in [0.4, 0.5) is 10.1 Å². The lowest BCUT2D eigenvalue weighted by molar-refractivity contribution is 0.522. The van der Waals surface area contributed by atoms with E-state index in [-0.39, 0.29) is 16.9 Å². The van der Waals surface area contributed by atoms with Crippen molar-refractivity contribution in [1.29, 1.82) is 0 Å². The molecule has 1 aliphatic heterocycles. The van der Waals surface area contributed by atoms with Crippen LogP contribution in [0.1, 0.15) is 11.1 Å². The summed E-state index contributed by atoms with van der Waals surface area (Å²) in [5.74, 6) is -0.278. The molecule has 0 saturated heterocycles. The number of hydrogen-bond acceptors (Lipinski definition) is 4. The zero-order valence-electron chi connectivity index (χ0n) is 18.4. The molecule has 1 N–H and O–H groups in total. The molecule has 0 radical (unpaired) electrons. The number of benzene rings is 3. The molecule has 1 aliphatic rings. The van der Waals surface area contributed by atoms with Crippen LogP contribution in [0.25, 0.3) is 11.1 Å². The Kier molecular flexibility index (Phi) is 6.13. The first-order valence-electron chi connectivity index (χ1n) is 11.1. The minimum Gasteiger partial charge on any atom is -0.365 e. The maximum absolute atomic E-state index is 13.4. The Morgan fingerprint density at radius 3 is 2.38 bits per heavy atom. The van der Waals surface area contributed by atoms with Crippen LogP contribution >= 0.6 is 0 Å². The van der Waals surface area contributed by atoms with E-state index in [0.29, 0.717) is 19.5 Å². The number of hydrogen-bond donors (Lipinski definition) is 1. The molecule has 34 heavy (non-hydrogen) atoms. The van der Waals surface area contributed by atoms with Gasteiger partial charge in [0.05, 0.1) is 0 Å². The number of fused-ring (bicyclic) bond motifs is 1. The van der Waals surface area contributed by atoms with Crippen molar-refractivity contribution in [2.45, 2.75) is 24.0 Å². The van der Waals surface area contributed by atoms with Gasteiger partial charge in [-0.25, -0.2) is 22.5 Å². The number of anilines is 1. The summed E-state index contributed by atoms with van der Waals surface area (Å²) in [7, 11) is -3.76. The van der Waals surface area contributed by atoms with Gasteiger partial charge in [-0.15, -0.1) is 0 Å². The minimum absolute atomic E-state index is 0.00969. The number of rotatable bonds is 6. The molecule has 0 saturated carbocycles. The first kappa shape index (κ1) is 22.3. The summed E-state index contributed by atoms with van der Waals surface area (Å²) in [6.45, 7) is 1.19. The highest BCUT2D eigenvalue weighted by Crippen LogP contribution is 2.33. The predicted octanol–water partition coefficient (Wildman–Crippen LogP) is 4.80. The molecular weight excluding hydrogens is 449 g/mol. The summed E-state index contributed by atoms with van der Waals surface area (Å²) >= 11 is 0. The van der Waals surface area contributed by atoms with Gasteiger partial charge in [-0.1, -0.05) is 54.6 Å². The molecule has 1 unspecified atom stereocenters. The molecule has 172 valence electrons. The van der Waals surface area contributed by atoms with Crippen LogP contribution in [-0.4, -0.2) is 26.0 Å². The first-order chi connectivity index (χ1) is 16.5. The second kappa shape index (κ2) is 9.37. The molecule has 5 rings (SSSR count). The molecule has 0 spiro atoms. The Hall–Kier alpha value is -3.55. The summed E-state index contributed by atoms with van der Waals surface area (Å²) in [5, 5.41) is 0.00969. The van der Waals surface area contributed by atoms with E-state index >= 15 is 0 Å². The van der Waals surface area contributed by atoms with Crippen molar-refractivity contribution in [3.63, 3.8) is 0 Å². The maximum Gasteiger partial charge on any atom is 0.258 e. The summed E-state index contributed by atoms with van der Waals surface area (Å²) in [6, 6.07) is 27.2. The lowest BCUT2D eigenvalue weighted by Gasteiger charge is -2.36. The zero-order chi connectivity index (χ0) is 23.5. The SMILES string of the molecule is O=S(=O)(NC1Cc2cc(-c3ccc(F)cc3)ccc2N(Cc2ccccc2)C1)c1ccccn1. The Morgan fingerprint density at radius 2 is 1.65 bits per heavy atom. The molecule has 0 aliphatic carbocycles. The molecule has 2 heterocycles. The molecule has 0 fully saturated rings. The molecule has 7 heteroatoms. The average molecular weight is 474 g/mol. The number of nitrogens with one attached hydrogen (secondary N) is 1. The van der Waals surface area contributed by atoms with E-state index in [1.165, 1.54) is 24.4 Å². The van der Waals surface area contributed by atoms with Gasteiger partial charge in [-0.3, -0.25) is 0 Å². The molecule has 0 amide bonds. The van der Waals surface area contributed by atoms with Gasteiger partial charge in [0.15, 0.2) is 5.03 Å². The molecule has 4 aromatic rings. The normalized spacial score (nSPS) is 15.7. The average Bonchev–Trinajstić information content (AvgIpc) is 2.85. The second-order valence-corrected chi connectivity index (χ2v) is 10.1. The van der Waals surface area contributed by atoms with Crippen molar-refractivity contribution in [2.75, 3.05) is 11.4 Å². The topological polar surface area (TPSA) is 62.3 Å². The van der Waals surface area contributed by atoms with Gasteiger partial charge in [0, 0.05) is 31.0 Å². The quantitative estimate of drug-likeness (QED) is 0.437. The largest absolute Gasteiger partial charge is 0.365 e. The van der Waals surface area contributed by atoms with E-state index in [1.807, 2.05) is 24.3 Å². The Morgan fingerprint density at radius 1 is 0.912 bits per heavy atom. The van der Waals surface area contributed by atoms with Crippen LogP contribution in [-0.2, 0) is 23.0 Å². The van der Waals surface area contributed by atoms with Gasteiger partial charge >= 0.3 is 0 Å². The van der Waals surface area contributed by atoms with Gasteiger partial charge in [-0.2, -0.15) is 0 Å². The van der Waals surface area contributed by atoms with Gasteiger partial charge in [0.1, 0.15) is 5.82 Å². The fourth-order valence-corrected chi connectivity index (χ4v) is 5.57. The number of pyridine rings is 1. The van der Waals surface area contributed by atoms with E-state index in [1.54, 1.807) is 24.3 Å². The molecular formula is C27H24FN3O2S. The van der Waals surface area contributed by atoms with Crippen LogP contribution in [0.5, 0.6) is 0 Å². The second-order valence-electron chi connectivity index (χ2n) is 8.41. The van der Waals surface area contributed by atoms with Gasteiger partial charge in [0.25, 0.3) is 10.0 Å². The summed E-state index contributed by atoms with van der Waals surface area (Å²) in [4.78, 5) is 6.22. The lowest BCUT2D eigenvalue weighted by atomic mass is 9.94. The Balaban J connectivity index is 1.48. The highest BCUT2D eigenvalue weighted by atomic mass is 32.2. The van der Waals surface area contributed by atoms with E-state index in [2.05, 4.69) is 38.9 Å². The summed E-state index contributed by atoms with van der Waals surface area (Å²) in [6.07, 6.45) is 2.02. The van der Waals surface area contributed by atoms with Crippen molar-refractivity contribution in [2.24, 2.45) is 0 Å². The van der Waals surface area contributed by atoms with Crippen LogP contribution in [0.2, 0.25) is 0 Å². The third-order valence-corrected chi connectivity index (χ3v) is 7.39. The molecule has 5 nitrogen and oxygen atoms in total. The van der Waals surface area contributed by atoms with Crippen molar-refractivity contribution in [1.82, 2.24) is 9.71 Å². The highest BCUT2D eigenvalue weighted by molar-refractivity contribution is 7.89. The summed E-state index contributed by atoms with van der Waals surface area (Å²) < 4.78 is 42.2. The van der Waals surface area contributed by atoms with Crippen LogP contribution in [0.3, 0.4) is 0 Å². The standard InChI is InChI=1S/C27H24FN3O2S/c28-24-12-9-21(10-13-24)22-11-14-26-23(16-22)17-25(19-31(26)18-20-6-2-1-3-7-20)30-34(32,33)27-8-4-5-15-29-27/h1-16,25,30H,17-19H2. The molecule has 1 atom stereocenters. The van der Waals surface area contributed by atoms with E-state index in [9.17, 15) is 12.8 Å². The number of nitrogens with zero attached hydrogens (tertiary/aromatic N) is 2. The van der Waals surface area contributed by atoms with Crippen LogP contribution < -0.4 is 9.62 Å². The van der Waals surface area contributed by atoms with Crippen molar-refractivity contribution < 1.29 is 12.8 Å².